The van der Waals surface area contributed by atoms with Gasteiger partial charge in [-0.1, -0.05) is 6.07 Å². The highest BCUT2D eigenvalue weighted by Crippen LogP contribution is 2.31. The van der Waals surface area contributed by atoms with Crippen molar-refractivity contribution in [2.24, 2.45) is 5.73 Å². The maximum atomic E-state index is 12.0. The van der Waals surface area contributed by atoms with Crippen LogP contribution in [0.3, 0.4) is 0 Å². The standard InChI is InChI=1S/C10H10BrF3N2O2/c11-7-2-1-6(5-9(7)16(17)18)8(15)3-4-10(12,13)14/h1-2,5,8H,3-4,15H2/t8-/m0/s1. The summed E-state index contributed by atoms with van der Waals surface area (Å²) in [5.41, 5.74) is 5.68. The van der Waals surface area contributed by atoms with Crippen LogP contribution in [0.15, 0.2) is 22.7 Å². The molecule has 4 nitrogen and oxygen atoms in total. The molecule has 100 valence electrons. The summed E-state index contributed by atoms with van der Waals surface area (Å²) < 4.78 is 36.4. The molecule has 0 saturated heterocycles. The van der Waals surface area contributed by atoms with Gasteiger partial charge in [0.05, 0.1) is 9.40 Å². The van der Waals surface area contributed by atoms with Crippen LogP contribution in [0.4, 0.5) is 18.9 Å². The van der Waals surface area contributed by atoms with Crippen molar-refractivity contribution in [3.63, 3.8) is 0 Å². The van der Waals surface area contributed by atoms with E-state index in [1.165, 1.54) is 18.2 Å². The van der Waals surface area contributed by atoms with Gasteiger partial charge in [0.15, 0.2) is 0 Å². The molecule has 0 aliphatic carbocycles. The number of nitrogens with two attached hydrogens (primary N) is 1. The summed E-state index contributed by atoms with van der Waals surface area (Å²) in [6.07, 6.45) is -5.60. The topological polar surface area (TPSA) is 69.2 Å². The van der Waals surface area contributed by atoms with Gasteiger partial charge in [0.1, 0.15) is 0 Å². The Kier molecular flexibility index (Phi) is 4.69. The van der Waals surface area contributed by atoms with E-state index in [9.17, 15) is 23.3 Å². The largest absolute Gasteiger partial charge is 0.389 e. The predicted molar refractivity (Wildman–Crippen MR) is 63.0 cm³/mol. The lowest BCUT2D eigenvalue weighted by atomic mass is 10.0. The van der Waals surface area contributed by atoms with Gasteiger partial charge in [0.25, 0.3) is 5.69 Å². The van der Waals surface area contributed by atoms with E-state index in [-0.39, 0.29) is 16.6 Å². The molecule has 8 heteroatoms. The second-order valence-electron chi connectivity index (χ2n) is 3.73. The molecule has 1 rings (SSSR count). The molecular weight excluding hydrogens is 317 g/mol. The van der Waals surface area contributed by atoms with Crippen LogP contribution in [0.25, 0.3) is 0 Å². The summed E-state index contributed by atoms with van der Waals surface area (Å²) in [5.74, 6) is 0. The molecule has 0 radical (unpaired) electrons. The molecule has 1 aromatic rings. The normalized spacial score (nSPS) is 13.4. The second kappa shape index (κ2) is 5.66. The number of benzene rings is 1. The van der Waals surface area contributed by atoms with E-state index in [1.807, 2.05) is 0 Å². The van der Waals surface area contributed by atoms with Crippen molar-refractivity contribution in [3.8, 4) is 0 Å². The Balaban J connectivity index is 2.83. The maximum Gasteiger partial charge on any atom is 0.389 e. The highest BCUT2D eigenvalue weighted by molar-refractivity contribution is 9.10. The molecule has 18 heavy (non-hydrogen) atoms. The molecule has 0 heterocycles. The minimum absolute atomic E-state index is 0.213. The third-order valence-corrected chi connectivity index (χ3v) is 3.00. The minimum Gasteiger partial charge on any atom is -0.324 e. The summed E-state index contributed by atoms with van der Waals surface area (Å²) in [5, 5.41) is 10.7. The van der Waals surface area contributed by atoms with E-state index in [1.54, 1.807) is 0 Å². The number of nitrogens with zero attached hydrogens (tertiary/aromatic N) is 1. The number of nitro groups is 1. The lowest BCUT2D eigenvalue weighted by Gasteiger charge is -2.13. The molecule has 0 aliphatic heterocycles. The predicted octanol–water partition coefficient (Wildman–Crippen LogP) is 3.70. The van der Waals surface area contributed by atoms with Gasteiger partial charge in [-0.15, -0.1) is 0 Å². The van der Waals surface area contributed by atoms with E-state index in [0.29, 0.717) is 5.56 Å². The molecule has 0 spiro atoms. The number of halogens is 4. The van der Waals surface area contributed by atoms with E-state index >= 15 is 0 Å². The van der Waals surface area contributed by atoms with Gasteiger partial charge in [0, 0.05) is 18.5 Å². The molecule has 0 unspecified atom stereocenters. The Labute approximate surface area is 109 Å². The van der Waals surface area contributed by atoms with Crippen molar-refractivity contribution in [2.45, 2.75) is 25.1 Å². The zero-order valence-corrected chi connectivity index (χ0v) is 10.7. The van der Waals surface area contributed by atoms with Gasteiger partial charge >= 0.3 is 6.18 Å². The fourth-order valence-electron chi connectivity index (χ4n) is 1.39. The van der Waals surface area contributed by atoms with E-state index in [0.717, 1.165) is 0 Å². The van der Waals surface area contributed by atoms with Crippen molar-refractivity contribution in [1.29, 1.82) is 0 Å². The smallest absolute Gasteiger partial charge is 0.324 e. The number of alkyl halides is 3. The summed E-state index contributed by atoms with van der Waals surface area (Å²) >= 11 is 2.99. The van der Waals surface area contributed by atoms with Crippen LogP contribution in [0, 0.1) is 10.1 Å². The van der Waals surface area contributed by atoms with Gasteiger partial charge in [0.2, 0.25) is 0 Å². The van der Waals surface area contributed by atoms with Crippen LogP contribution in [-0.2, 0) is 0 Å². The average Bonchev–Trinajstić information content (AvgIpc) is 2.25. The summed E-state index contributed by atoms with van der Waals surface area (Å²) in [6.45, 7) is 0. The molecule has 0 aromatic heterocycles. The monoisotopic (exact) mass is 326 g/mol. The maximum absolute atomic E-state index is 12.0. The van der Waals surface area contributed by atoms with Crippen LogP contribution in [0.1, 0.15) is 24.4 Å². The molecule has 1 atom stereocenters. The molecule has 2 N–H and O–H groups in total. The SMILES string of the molecule is N[C@@H](CCC(F)(F)F)c1ccc(Br)c([N+](=O)[O-])c1. The third-order valence-electron chi connectivity index (χ3n) is 2.33. The van der Waals surface area contributed by atoms with Gasteiger partial charge in [-0.3, -0.25) is 10.1 Å². The van der Waals surface area contributed by atoms with E-state index in [2.05, 4.69) is 15.9 Å². The van der Waals surface area contributed by atoms with Crippen molar-refractivity contribution < 1.29 is 18.1 Å². The Hall–Kier alpha value is -1.15. The van der Waals surface area contributed by atoms with Gasteiger partial charge < -0.3 is 5.73 Å². The third kappa shape index (κ3) is 4.26. The molecular formula is C10H10BrF3N2O2. The zero-order chi connectivity index (χ0) is 13.9. The highest BCUT2D eigenvalue weighted by atomic mass is 79.9. The second-order valence-corrected chi connectivity index (χ2v) is 4.58. The Morgan fingerprint density at radius 3 is 2.56 bits per heavy atom. The van der Waals surface area contributed by atoms with E-state index < -0.39 is 23.6 Å². The molecule has 0 aliphatic rings. The minimum atomic E-state index is -4.28. The molecule has 0 amide bonds. The first-order chi connectivity index (χ1) is 8.20. The lowest BCUT2D eigenvalue weighted by Crippen LogP contribution is -2.16. The van der Waals surface area contributed by atoms with Crippen LogP contribution >= 0.6 is 15.9 Å². The van der Waals surface area contributed by atoms with Gasteiger partial charge in [-0.25, -0.2) is 0 Å². The van der Waals surface area contributed by atoms with Crippen molar-refractivity contribution in [1.82, 2.24) is 0 Å². The molecule has 0 bridgehead atoms. The number of hydrogen-bond acceptors (Lipinski definition) is 3. The van der Waals surface area contributed by atoms with Gasteiger partial charge in [-0.2, -0.15) is 13.2 Å². The van der Waals surface area contributed by atoms with E-state index in [4.69, 9.17) is 5.73 Å². The fraction of sp³-hybridized carbons (Fsp3) is 0.400. The van der Waals surface area contributed by atoms with Crippen molar-refractivity contribution >= 4 is 21.6 Å². The number of nitro benzene ring substituents is 1. The number of rotatable bonds is 4. The van der Waals surface area contributed by atoms with Crippen molar-refractivity contribution in [2.75, 3.05) is 0 Å². The molecule has 1 aromatic carbocycles. The Bertz CT molecular complexity index is 451. The quantitative estimate of drug-likeness (QED) is 0.677. The van der Waals surface area contributed by atoms with Crippen LogP contribution in [-0.4, -0.2) is 11.1 Å². The summed E-state index contributed by atoms with van der Waals surface area (Å²) in [4.78, 5) is 10.0. The lowest BCUT2D eigenvalue weighted by molar-refractivity contribution is -0.385. The van der Waals surface area contributed by atoms with Crippen LogP contribution in [0.2, 0.25) is 0 Å². The van der Waals surface area contributed by atoms with Crippen molar-refractivity contribution in [3.05, 3.63) is 38.3 Å². The van der Waals surface area contributed by atoms with Crippen LogP contribution in [0.5, 0.6) is 0 Å². The molecule has 0 saturated carbocycles. The first kappa shape index (κ1) is 14.9. The first-order valence-electron chi connectivity index (χ1n) is 4.97. The summed E-state index contributed by atoms with van der Waals surface area (Å²) in [7, 11) is 0. The van der Waals surface area contributed by atoms with Crippen LogP contribution < -0.4 is 5.73 Å². The number of hydrogen-bond donors (Lipinski definition) is 1. The zero-order valence-electron chi connectivity index (χ0n) is 9.08. The molecule has 0 fully saturated rings. The van der Waals surface area contributed by atoms with Gasteiger partial charge in [-0.05, 0) is 34.0 Å². The summed E-state index contributed by atoms with van der Waals surface area (Å²) in [6, 6.07) is 3.18. The Morgan fingerprint density at radius 1 is 1.44 bits per heavy atom. The first-order valence-corrected chi connectivity index (χ1v) is 5.76. The highest BCUT2D eigenvalue weighted by Gasteiger charge is 2.28. The average molecular weight is 327 g/mol. The fourth-order valence-corrected chi connectivity index (χ4v) is 1.78. The Morgan fingerprint density at radius 2 is 2.06 bits per heavy atom.